The van der Waals surface area contributed by atoms with Crippen molar-refractivity contribution in [2.45, 2.75) is 17.9 Å². The standard InChI is InChI=1S/C20H27N7O2S/c1-26(11-2-8-21)30(28,29)17-5-3-15(4-6-17)18-7-10-24-20-19(18)13-16(25-20)14-27(23)12-9-22/h3-7,9-10,12-13H,2,8,11,14,21-23H2,1H3,(H,24,25)/b12-9-. The molecular weight excluding hydrogens is 402 g/mol. The summed E-state index contributed by atoms with van der Waals surface area (Å²) >= 11 is 0. The van der Waals surface area contributed by atoms with Gasteiger partial charge in [-0.25, -0.2) is 23.5 Å². The van der Waals surface area contributed by atoms with E-state index in [0.29, 0.717) is 26.1 Å². The van der Waals surface area contributed by atoms with Crippen molar-refractivity contribution >= 4 is 21.1 Å². The Bertz CT molecular complexity index is 1120. The summed E-state index contributed by atoms with van der Waals surface area (Å²) in [7, 11) is -1.98. The quantitative estimate of drug-likeness (QED) is 0.296. The van der Waals surface area contributed by atoms with Crippen LogP contribution in [-0.4, -0.2) is 47.8 Å². The Morgan fingerprint density at radius 3 is 2.60 bits per heavy atom. The van der Waals surface area contributed by atoms with Gasteiger partial charge in [-0.3, -0.25) is 0 Å². The van der Waals surface area contributed by atoms with E-state index in [4.69, 9.17) is 17.3 Å². The van der Waals surface area contributed by atoms with Crippen molar-refractivity contribution in [1.29, 1.82) is 0 Å². The Hall–Kier alpha value is -2.92. The van der Waals surface area contributed by atoms with Crippen molar-refractivity contribution < 1.29 is 8.42 Å². The highest BCUT2D eigenvalue weighted by molar-refractivity contribution is 7.89. The number of nitrogens with one attached hydrogen (secondary N) is 1. The highest BCUT2D eigenvalue weighted by atomic mass is 32.2. The largest absolute Gasteiger partial charge is 0.403 e. The number of rotatable bonds is 9. The number of hydrogen-bond donors (Lipinski definition) is 4. The average molecular weight is 430 g/mol. The lowest BCUT2D eigenvalue weighted by Crippen LogP contribution is -2.29. The van der Waals surface area contributed by atoms with Gasteiger partial charge < -0.3 is 21.5 Å². The third-order valence-electron chi connectivity index (χ3n) is 4.77. The Morgan fingerprint density at radius 1 is 1.20 bits per heavy atom. The first kappa shape index (κ1) is 21.8. The molecule has 3 aromatic rings. The molecule has 0 bridgehead atoms. The molecule has 0 amide bonds. The maximum absolute atomic E-state index is 12.7. The number of aromatic amines is 1. The van der Waals surface area contributed by atoms with Gasteiger partial charge in [-0.1, -0.05) is 12.1 Å². The lowest BCUT2D eigenvalue weighted by Gasteiger charge is -2.17. The number of pyridine rings is 1. The molecule has 0 aliphatic carbocycles. The summed E-state index contributed by atoms with van der Waals surface area (Å²) < 4.78 is 26.7. The predicted molar refractivity (Wildman–Crippen MR) is 118 cm³/mol. The van der Waals surface area contributed by atoms with Crippen LogP contribution in [-0.2, 0) is 16.6 Å². The maximum Gasteiger partial charge on any atom is 0.242 e. The molecule has 0 aliphatic rings. The molecule has 2 heterocycles. The van der Waals surface area contributed by atoms with E-state index in [1.54, 1.807) is 43.7 Å². The van der Waals surface area contributed by atoms with Crippen LogP contribution in [0, 0.1) is 0 Å². The normalized spacial score (nSPS) is 12.3. The Kier molecular flexibility index (Phi) is 6.73. The van der Waals surface area contributed by atoms with Crippen molar-refractivity contribution in [3.63, 3.8) is 0 Å². The number of fused-ring (bicyclic) bond motifs is 1. The number of nitrogens with zero attached hydrogens (tertiary/aromatic N) is 3. The molecule has 1 aromatic carbocycles. The van der Waals surface area contributed by atoms with Gasteiger partial charge in [0.2, 0.25) is 10.0 Å². The average Bonchev–Trinajstić information content (AvgIpc) is 3.14. The molecule has 160 valence electrons. The van der Waals surface area contributed by atoms with Crippen LogP contribution in [0.3, 0.4) is 0 Å². The number of hydrogen-bond acceptors (Lipinski definition) is 7. The Balaban J connectivity index is 1.90. The number of hydrazine groups is 1. The highest BCUT2D eigenvalue weighted by Crippen LogP contribution is 2.29. The van der Waals surface area contributed by atoms with Gasteiger partial charge in [-0.05, 0) is 48.4 Å². The summed E-state index contributed by atoms with van der Waals surface area (Å²) in [6.07, 6.45) is 5.27. The van der Waals surface area contributed by atoms with Crippen LogP contribution in [0.4, 0.5) is 0 Å². The highest BCUT2D eigenvalue weighted by Gasteiger charge is 2.20. The molecule has 0 spiro atoms. The lowest BCUT2D eigenvalue weighted by atomic mass is 10.0. The number of aromatic nitrogens is 2. The van der Waals surface area contributed by atoms with Gasteiger partial charge in [0, 0.05) is 43.3 Å². The first-order valence-electron chi connectivity index (χ1n) is 9.50. The monoisotopic (exact) mass is 429 g/mol. The fourth-order valence-corrected chi connectivity index (χ4v) is 4.41. The maximum atomic E-state index is 12.7. The van der Waals surface area contributed by atoms with E-state index in [9.17, 15) is 8.42 Å². The number of nitrogens with two attached hydrogens (primary N) is 3. The van der Waals surface area contributed by atoms with E-state index < -0.39 is 10.0 Å². The summed E-state index contributed by atoms with van der Waals surface area (Å²) in [5, 5.41) is 2.39. The molecule has 2 aromatic heterocycles. The third kappa shape index (κ3) is 4.62. The van der Waals surface area contributed by atoms with Crippen molar-refractivity contribution in [2.75, 3.05) is 20.1 Å². The van der Waals surface area contributed by atoms with Gasteiger partial charge in [0.15, 0.2) is 0 Å². The molecule has 0 unspecified atom stereocenters. The van der Waals surface area contributed by atoms with Gasteiger partial charge in [0.05, 0.1) is 11.4 Å². The second-order valence-electron chi connectivity index (χ2n) is 6.92. The predicted octanol–water partition coefficient (Wildman–Crippen LogP) is 1.30. The molecule has 9 nitrogen and oxygen atoms in total. The van der Waals surface area contributed by atoms with Crippen LogP contribution in [0.5, 0.6) is 0 Å². The Labute approximate surface area is 176 Å². The van der Waals surface area contributed by atoms with Crippen LogP contribution in [0.2, 0.25) is 0 Å². The lowest BCUT2D eigenvalue weighted by molar-refractivity contribution is 0.382. The number of H-pyrrole nitrogens is 1. The van der Waals surface area contributed by atoms with Crippen molar-refractivity contribution in [1.82, 2.24) is 19.3 Å². The summed E-state index contributed by atoms with van der Waals surface area (Å²) in [5.74, 6) is 5.86. The Morgan fingerprint density at radius 2 is 1.93 bits per heavy atom. The minimum atomic E-state index is -3.54. The molecule has 0 saturated heterocycles. The molecule has 3 rings (SSSR count). The molecule has 0 atom stereocenters. The molecule has 0 fully saturated rings. The fourth-order valence-electron chi connectivity index (χ4n) is 3.20. The second-order valence-corrected chi connectivity index (χ2v) is 8.97. The van der Waals surface area contributed by atoms with E-state index in [2.05, 4.69) is 9.97 Å². The van der Waals surface area contributed by atoms with Crippen molar-refractivity contribution in [3.05, 3.63) is 60.7 Å². The molecule has 0 saturated carbocycles. The molecule has 0 aliphatic heterocycles. The minimum Gasteiger partial charge on any atom is -0.403 e. The topological polar surface area (TPSA) is 147 Å². The van der Waals surface area contributed by atoms with E-state index in [1.807, 2.05) is 12.1 Å². The minimum absolute atomic E-state index is 0.248. The summed E-state index contributed by atoms with van der Waals surface area (Å²) in [6.45, 7) is 1.27. The van der Waals surface area contributed by atoms with Crippen LogP contribution in [0.1, 0.15) is 12.1 Å². The first-order chi connectivity index (χ1) is 14.4. The zero-order valence-electron chi connectivity index (χ0n) is 16.8. The summed E-state index contributed by atoms with van der Waals surface area (Å²) in [4.78, 5) is 7.87. The van der Waals surface area contributed by atoms with Gasteiger partial charge in [0.1, 0.15) is 5.65 Å². The van der Waals surface area contributed by atoms with Crippen LogP contribution >= 0.6 is 0 Å². The smallest absolute Gasteiger partial charge is 0.242 e. The van der Waals surface area contributed by atoms with Crippen LogP contribution in [0.25, 0.3) is 22.2 Å². The van der Waals surface area contributed by atoms with Crippen molar-refractivity contribution in [3.8, 4) is 11.1 Å². The third-order valence-corrected chi connectivity index (χ3v) is 6.64. The van der Waals surface area contributed by atoms with E-state index in [0.717, 1.165) is 27.9 Å². The molecular formula is C20H27N7O2S. The van der Waals surface area contributed by atoms with Gasteiger partial charge in [-0.2, -0.15) is 0 Å². The first-order valence-corrected chi connectivity index (χ1v) is 10.9. The van der Waals surface area contributed by atoms with Gasteiger partial charge in [0.25, 0.3) is 0 Å². The van der Waals surface area contributed by atoms with Gasteiger partial charge in [-0.15, -0.1) is 0 Å². The zero-order valence-corrected chi connectivity index (χ0v) is 17.6. The van der Waals surface area contributed by atoms with E-state index >= 15 is 0 Å². The fraction of sp³-hybridized carbons (Fsp3) is 0.250. The molecule has 0 radical (unpaired) electrons. The van der Waals surface area contributed by atoms with E-state index in [1.165, 1.54) is 15.5 Å². The zero-order chi connectivity index (χ0) is 21.7. The summed E-state index contributed by atoms with van der Waals surface area (Å²) in [6, 6.07) is 10.7. The van der Waals surface area contributed by atoms with E-state index in [-0.39, 0.29) is 4.90 Å². The van der Waals surface area contributed by atoms with Crippen LogP contribution < -0.4 is 17.3 Å². The molecule has 10 heteroatoms. The second kappa shape index (κ2) is 9.26. The van der Waals surface area contributed by atoms with Gasteiger partial charge >= 0.3 is 0 Å². The summed E-state index contributed by atoms with van der Waals surface area (Å²) in [5.41, 5.74) is 14.3. The molecule has 30 heavy (non-hydrogen) atoms. The number of sulfonamides is 1. The van der Waals surface area contributed by atoms with Crippen LogP contribution in [0.15, 0.2) is 59.9 Å². The van der Waals surface area contributed by atoms with Crippen molar-refractivity contribution in [2.24, 2.45) is 17.3 Å². The SMILES string of the molecule is CN(CCCN)S(=O)(=O)c1ccc(-c2ccnc3[nH]c(CN(N)/C=C\N)cc23)cc1. The molecule has 7 N–H and O–H groups in total. The number of benzene rings is 1.